The van der Waals surface area contributed by atoms with Crippen LogP contribution in [-0.4, -0.2) is 25.5 Å². The van der Waals surface area contributed by atoms with Gasteiger partial charge in [-0.2, -0.15) is 5.26 Å². The molecule has 2 amide bonds. The van der Waals surface area contributed by atoms with Crippen molar-refractivity contribution in [3.05, 3.63) is 87.7 Å². The number of methoxy groups -OCH3 is 1. The Morgan fingerprint density at radius 1 is 1.06 bits per heavy atom. The number of aryl methyl sites for hydroxylation is 1. The number of halogens is 2. The molecule has 9 heteroatoms. The Kier molecular flexibility index (Phi) is 8.59. The molecule has 178 valence electrons. The molecule has 2 N–H and O–H groups in total. The molecule has 0 aliphatic heterocycles. The molecule has 0 aromatic heterocycles. The quantitative estimate of drug-likeness (QED) is 0.293. The number of anilines is 2. The number of carbonyl (C=O) groups is 2. The van der Waals surface area contributed by atoms with Crippen LogP contribution in [0.3, 0.4) is 0 Å². The molecular weight excluding hydrogens is 517 g/mol. The Morgan fingerprint density at radius 3 is 2.31 bits per heavy atom. The molecule has 0 radical (unpaired) electrons. The third-order valence-electron chi connectivity index (χ3n) is 4.71. The van der Waals surface area contributed by atoms with Gasteiger partial charge in [0.25, 0.3) is 11.8 Å². The summed E-state index contributed by atoms with van der Waals surface area (Å²) in [5.41, 5.74) is 2.39. The predicted octanol–water partition coefficient (Wildman–Crippen LogP) is 5.47. The van der Waals surface area contributed by atoms with E-state index in [0.29, 0.717) is 27.2 Å². The highest BCUT2D eigenvalue weighted by Crippen LogP contribution is 2.37. The third-order valence-corrected chi connectivity index (χ3v) is 5.30. The molecule has 0 heterocycles. The van der Waals surface area contributed by atoms with Crippen LogP contribution in [0.1, 0.15) is 11.1 Å². The normalized spacial score (nSPS) is 10.8. The second kappa shape index (κ2) is 11.8. The number of benzene rings is 3. The standard InChI is InChI=1S/C26H21BrFN3O4/c1-16-3-7-20(8-4-16)30-24(32)15-35-25-22(27)12-17(13-23(25)34-2)11-18(14-29)26(33)31-21-9-5-19(28)6-10-21/h3-13H,15H2,1-2H3,(H,30,32)(H,31,33)/b18-11+. The maximum atomic E-state index is 13.1. The van der Waals surface area contributed by atoms with Gasteiger partial charge in [-0.25, -0.2) is 4.39 Å². The lowest BCUT2D eigenvalue weighted by Crippen LogP contribution is -2.20. The number of hydrogen-bond acceptors (Lipinski definition) is 5. The van der Waals surface area contributed by atoms with Crippen LogP contribution in [0, 0.1) is 24.1 Å². The second-order valence-corrected chi connectivity index (χ2v) is 8.22. The zero-order valence-corrected chi connectivity index (χ0v) is 20.5. The van der Waals surface area contributed by atoms with Crippen molar-refractivity contribution < 1.29 is 23.5 Å². The smallest absolute Gasteiger partial charge is 0.266 e. The molecule has 35 heavy (non-hydrogen) atoms. The molecule has 0 fully saturated rings. The van der Waals surface area contributed by atoms with Gasteiger partial charge >= 0.3 is 0 Å². The molecule has 3 aromatic carbocycles. The van der Waals surface area contributed by atoms with Gasteiger partial charge in [-0.3, -0.25) is 9.59 Å². The van der Waals surface area contributed by atoms with E-state index < -0.39 is 11.7 Å². The Hall–Kier alpha value is -4.16. The first-order chi connectivity index (χ1) is 16.8. The third kappa shape index (κ3) is 7.16. The number of ether oxygens (including phenoxy) is 2. The molecule has 0 atom stereocenters. The zero-order chi connectivity index (χ0) is 25.4. The lowest BCUT2D eigenvalue weighted by Gasteiger charge is -2.14. The van der Waals surface area contributed by atoms with E-state index >= 15 is 0 Å². The predicted molar refractivity (Wildman–Crippen MR) is 135 cm³/mol. The van der Waals surface area contributed by atoms with E-state index in [-0.39, 0.29) is 23.8 Å². The summed E-state index contributed by atoms with van der Waals surface area (Å²) in [6.45, 7) is 1.69. The molecule has 0 aliphatic carbocycles. The molecule has 0 spiro atoms. The van der Waals surface area contributed by atoms with Gasteiger partial charge in [0.15, 0.2) is 18.1 Å². The van der Waals surface area contributed by atoms with Crippen molar-refractivity contribution in [1.82, 2.24) is 0 Å². The first-order valence-corrected chi connectivity index (χ1v) is 11.1. The number of nitriles is 1. The van der Waals surface area contributed by atoms with Crippen molar-refractivity contribution in [3.8, 4) is 17.6 Å². The summed E-state index contributed by atoms with van der Waals surface area (Å²) in [6, 6.07) is 17.6. The van der Waals surface area contributed by atoms with Crippen LogP contribution in [0.5, 0.6) is 11.5 Å². The van der Waals surface area contributed by atoms with E-state index in [1.165, 1.54) is 37.5 Å². The number of rotatable bonds is 8. The summed E-state index contributed by atoms with van der Waals surface area (Å²) >= 11 is 3.39. The van der Waals surface area contributed by atoms with E-state index in [2.05, 4.69) is 26.6 Å². The van der Waals surface area contributed by atoms with Crippen molar-refractivity contribution in [3.63, 3.8) is 0 Å². The summed E-state index contributed by atoms with van der Waals surface area (Å²) in [6.07, 6.45) is 1.38. The maximum absolute atomic E-state index is 13.1. The summed E-state index contributed by atoms with van der Waals surface area (Å²) in [4.78, 5) is 24.8. The van der Waals surface area contributed by atoms with Crippen LogP contribution in [0.4, 0.5) is 15.8 Å². The number of hydrogen-bond donors (Lipinski definition) is 2. The molecule has 0 bridgehead atoms. The lowest BCUT2D eigenvalue weighted by atomic mass is 10.1. The summed E-state index contributed by atoms with van der Waals surface area (Å²) < 4.78 is 24.6. The number of nitrogens with zero attached hydrogens (tertiary/aromatic N) is 1. The van der Waals surface area contributed by atoms with Crippen LogP contribution in [0.25, 0.3) is 6.08 Å². The van der Waals surface area contributed by atoms with Crippen LogP contribution in [0.15, 0.2) is 70.7 Å². The Morgan fingerprint density at radius 2 is 1.69 bits per heavy atom. The molecule has 0 aliphatic rings. The largest absolute Gasteiger partial charge is 0.493 e. The Bertz CT molecular complexity index is 1300. The highest BCUT2D eigenvalue weighted by molar-refractivity contribution is 9.10. The molecule has 7 nitrogen and oxygen atoms in total. The molecule has 0 saturated heterocycles. The lowest BCUT2D eigenvalue weighted by molar-refractivity contribution is -0.118. The van der Waals surface area contributed by atoms with Gasteiger partial charge in [-0.15, -0.1) is 0 Å². The van der Waals surface area contributed by atoms with Crippen LogP contribution < -0.4 is 20.1 Å². The molecule has 0 saturated carbocycles. The SMILES string of the molecule is COc1cc(/C=C(\C#N)C(=O)Nc2ccc(F)cc2)cc(Br)c1OCC(=O)Nc1ccc(C)cc1. The molecule has 3 aromatic rings. The van der Waals surface area contributed by atoms with Gasteiger partial charge in [0, 0.05) is 11.4 Å². The van der Waals surface area contributed by atoms with E-state index in [1.807, 2.05) is 25.1 Å². The van der Waals surface area contributed by atoms with E-state index in [1.54, 1.807) is 24.3 Å². The average Bonchev–Trinajstić information content (AvgIpc) is 2.84. The van der Waals surface area contributed by atoms with E-state index in [4.69, 9.17) is 9.47 Å². The average molecular weight is 538 g/mol. The van der Waals surface area contributed by atoms with Gasteiger partial charge in [0.1, 0.15) is 17.5 Å². The van der Waals surface area contributed by atoms with Crippen LogP contribution in [-0.2, 0) is 9.59 Å². The highest BCUT2D eigenvalue weighted by Gasteiger charge is 2.15. The fourth-order valence-electron chi connectivity index (χ4n) is 2.98. The van der Waals surface area contributed by atoms with Crippen molar-refractivity contribution >= 4 is 45.2 Å². The summed E-state index contributed by atoms with van der Waals surface area (Å²) in [7, 11) is 1.43. The van der Waals surface area contributed by atoms with Gasteiger partial charge in [-0.1, -0.05) is 17.7 Å². The summed E-state index contributed by atoms with van der Waals surface area (Å²) in [5, 5.41) is 14.7. The van der Waals surface area contributed by atoms with Gasteiger partial charge in [0.2, 0.25) is 0 Å². The fourth-order valence-corrected chi connectivity index (χ4v) is 3.56. The Balaban J connectivity index is 1.72. The second-order valence-electron chi connectivity index (χ2n) is 7.37. The molecular formula is C26H21BrFN3O4. The number of nitrogens with one attached hydrogen (secondary N) is 2. The van der Waals surface area contributed by atoms with Crippen molar-refractivity contribution in [2.45, 2.75) is 6.92 Å². The maximum Gasteiger partial charge on any atom is 0.266 e. The Labute approximate surface area is 210 Å². The van der Waals surface area contributed by atoms with Crippen LogP contribution >= 0.6 is 15.9 Å². The van der Waals surface area contributed by atoms with E-state index in [9.17, 15) is 19.2 Å². The van der Waals surface area contributed by atoms with Crippen molar-refractivity contribution in [2.75, 3.05) is 24.4 Å². The first kappa shape index (κ1) is 25.5. The molecule has 0 unspecified atom stereocenters. The minimum absolute atomic E-state index is 0.172. The minimum Gasteiger partial charge on any atom is -0.493 e. The number of carbonyl (C=O) groups excluding carboxylic acids is 2. The first-order valence-electron chi connectivity index (χ1n) is 10.3. The van der Waals surface area contributed by atoms with Crippen molar-refractivity contribution in [2.24, 2.45) is 0 Å². The van der Waals surface area contributed by atoms with Gasteiger partial charge in [-0.05, 0) is 83.0 Å². The topological polar surface area (TPSA) is 100 Å². The van der Waals surface area contributed by atoms with Gasteiger partial charge < -0.3 is 20.1 Å². The van der Waals surface area contributed by atoms with Crippen LogP contribution in [0.2, 0.25) is 0 Å². The number of amides is 2. The zero-order valence-electron chi connectivity index (χ0n) is 18.9. The minimum atomic E-state index is -0.651. The monoisotopic (exact) mass is 537 g/mol. The van der Waals surface area contributed by atoms with E-state index in [0.717, 1.165) is 5.56 Å². The molecule has 3 rings (SSSR count). The van der Waals surface area contributed by atoms with Crippen molar-refractivity contribution in [1.29, 1.82) is 5.26 Å². The van der Waals surface area contributed by atoms with Gasteiger partial charge in [0.05, 0.1) is 11.6 Å². The summed E-state index contributed by atoms with van der Waals surface area (Å²) in [5.74, 6) is -0.854. The fraction of sp³-hybridized carbons (Fsp3) is 0.115. The highest BCUT2D eigenvalue weighted by atomic mass is 79.9.